The predicted molar refractivity (Wildman–Crippen MR) is 95.0 cm³/mol. The van der Waals surface area contributed by atoms with Crippen LogP contribution in [0, 0.1) is 11.6 Å². The van der Waals surface area contributed by atoms with Gasteiger partial charge in [-0.25, -0.2) is 8.78 Å². The van der Waals surface area contributed by atoms with Crippen molar-refractivity contribution in [3.63, 3.8) is 0 Å². The fraction of sp³-hybridized carbons (Fsp3) is 0.200. The van der Waals surface area contributed by atoms with E-state index in [0.29, 0.717) is 5.82 Å². The summed E-state index contributed by atoms with van der Waals surface area (Å²) in [7, 11) is 0. The summed E-state index contributed by atoms with van der Waals surface area (Å²) in [4.78, 5) is 16.9. The highest BCUT2D eigenvalue weighted by Gasteiger charge is 2.14. The van der Waals surface area contributed by atoms with Gasteiger partial charge in [-0.05, 0) is 26.0 Å². The van der Waals surface area contributed by atoms with Gasteiger partial charge in [-0.3, -0.25) is 9.36 Å². The number of rotatable bonds is 5. The van der Waals surface area contributed by atoms with E-state index in [4.69, 9.17) is 4.74 Å². The van der Waals surface area contributed by atoms with Crippen LogP contribution in [0.25, 0.3) is 11.4 Å². The summed E-state index contributed by atoms with van der Waals surface area (Å²) >= 11 is 0. The molecule has 4 nitrogen and oxygen atoms in total. The van der Waals surface area contributed by atoms with Gasteiger partial charge in [-0.1, -0.05) is 30.3 Å². The highest BCUT2D eigenvalue weighted by Crippen LogP contribution is 2.21. The summed E-state index contributed by atoms with van der Waals surface area (Å²) in [5, 5.41) is 0. The van der Waals surface area contributed by atoms with Gasteiger partial charge in [0.2, 0.25) is 5.88 Å². The monoisotopic (exact) mass is 356 g/mol. The zero-order chi connectivity index (χ0) is 18.7. The minimum absolute atomic E-state index is 0.0891. The lowest BCUT2D eigenvalue weighted by Gasteiger charge is -2.17. The quantitative estimate of drug-likeness (QED) is 0.683. The van der Waals surface area contributed by atoms with Gasteiger partial charge in [-0.2, -0.15) is 4.98 Å². The first-order valence-electron chi connectivity index (χ1n) is 8.21. The molecule has 0 aliphatic carbocycles. The summed E-state index contributed by atoms with van der Waals surface area (Å²) in [5.41, 5.74) is 0.697. The molecule has 0 amide bonds. The largest absolute Gasteiger partial charge is 0.472 e. The summed E-state index contributed by atoms with van der Waals surface area (Å²) in [6.45, 7) is 3.63. The molecular formula is C20H18F2N2O2. The van der Waals surface area contributed by atoms with Crippen LogP contribution in [0.2, 0.25) is 0 Å². The molecule has 0 radical (unpaired) electrons. The molecule has 0 N–H and O–H groups in total. The molecule has 26 heavy (non-hydrogen) atoms. The first kappa shape index (κ1) is 17.8. The van der Waals surface area contributed by atoms with Crippen LogP contribution in [0.3, 0.4) is 0 Å². The molecule has 3 rings (SSSR count). The summed E-state index contributed by atoms with van der Waals surface area (Å²) in [6.07, 6.45) is 0. The van der Waals surface area contributed by atoms with Crippen LogP contribution in [0.4, 0.5) is 8.78 Å². The minimum atomic E-state index is -0.705. The fourth-order valence-corrected chi connectivity index (χ4v) is 2.62. The van der Waals surface area contributed by atoms with Gasteiger partial charge in [0.05, 0.1) is 6.07 Å². The molecule has 3 aromatic rings. The molecule has 0 atom stereocenters. The van der Waals surface area contributed by atoms with Crippen molar-refractivity contribution in [3.05, 3.63) is 82.1 Å². The predicted octanol–water partition coefficient (Wildman–Crippen LogP) is 4.35. The highest BCUT2D eigenvalue weighted by atomic mass is 19.1. The third-order valence-electron chi connectivity index (χ3n) is 3.87. The zero-order valence-electron chi connectivity index (χ0n) is 14.4. The van der Waals surface area contributed by atoms with E-state index < -0.39 is 11.6 Å². The van der Waals surface area contributed by atoms with Crippen molar-refractivity contribution in [2.24, 2.45) is 0 Å². The molecule has 1 heterocycles. The lowest BCUT2D eigenvalue weighted by molar-refractivity contribution is 0.285. The maximum Gasteiger partial charge on any atom is 0.257 e. The van der Waals surface area contributed by atoms with Gasteiger partial charge in [0.1, 0.15) is 24.1 Å². The molecule has 1 aromatic heterocycles. The Labute approximate surface area is 149 Å². The Hall–Kier alpha value is -3.02. The molecule has 134 valence electrons. The highest BCUT2D eigenvalue weighted by molar-refractivity contribution is 5.55. The first-order valence-corrected chi connectivity index (χ1v) is 8.21. The molecule has 0 fully saturated rings. The summed E-state index contributed by atoms with van der Waals surface area (Å²) < 4.78 is 33.8. The van der Waals surface area contributed by atoms with Crippen molar-refractivity contribution >= 4 is 0 Å². The normalized spacial score (nSPS) is 11.0. The first-order chi connectivity index (χ1) is 12.5. The van der Waals surface area contributed by atoms with Crippen LogP contribution in [-0.4, -0.2) is 9.55 Å². The van der Waals surface area contributed by atoms with Gasteiger partial charge >= 0.3 is 0 Å². The van der Waals surface area contributed by atoms with Crippen molar-refractivity contribution in [1.82, 2.24) is 9.55 Å². The third-order valence-corrected chi connectivity index (χ3v) is 3.87. The number of nitrogens with zero attached hydrogens (tertiary/aromatic N) is 2. The van der Waals surface area contributed by atoms with Crippen molar-refractivity contribution < 1.29 is 13.5 Å². The number of ether oxygens (including phenoxy) is 1. The standard InChI is InChI=1S/C20H18F2N2O2/c1-13(2)24-19(25)11-18(23-20(24)14-6-4-3-5-7-14)26-12-15-8-9-16(21)10-17(15)22/h3-11,13H,12H2,1-2H3. The van der Waals surface area contributed by atoms with Crippen molar-refractivity contribution in [2.75, 3.05) is 0 Å². The van der Waals surface area contributed by atoms with Crippen LogP contribution in [0.15, 0.2) is 59.4 Å². The molecule has 2 aromatic carbocycles. The van der Waals surface area contributed by atoms with E-state index in [9.17, 15) is 13.6 Å². The Morgan fingerprint density at radius 3 is 2.46 bits per heavy atom. The number of hydrogen-bond acceptors (Lipinski definition) is 3. The Morgan fingerprint density at radius 2 is 1.81 bits per heavy atom. The van der Waals surface area contributed by atoms with Gasteiger partial charge in [-0.15, -0.1) is 0 Å². The topological polar surface area (TPSA) is 44.1 Å². The Kier molecular flexibility index (Phi) is 5.11. The van der Waals surface area contributed by atoms with Gasteiger partial charge < -0.3 is 4.74 Å². The molecular weight excluding hydrogens is 338 g/mol. The van der Waals surface area contributed by atoms with E-state index in [1.165, 1.54) is 12.1 Å². The minimum Gasteiger partial charge on any atom is -0.472 e. The third kappa shape index (κ3) is 3.79. The lowest BCUT2D eigenvalue weighted by Crippen LogP contribution is -2.24. The molecule has 0 saturated carbocycles. The number of hydrogen-bond donors (Lipinski definition) is 0. The number of halogens is 2. The molecule has 0 aliphatic rings. The van der Waals surface area contributed by atoms with Gasteiger partial charge in [0.15, 0.2) is 0 Å². The molecule has 0 aliphatic heterocycles. The summed E-state index contributed by atoms with van der Waals surface area (Å²) in [5.74, 6) is -0.795. The van der Waals surface area contributed by atoms with Crippen molar-refractivity contribution in [2.45, 2.75) is 26.5 Å². The fourth-order valence-electron chi connectivity index (χ4n) is 2.62. The molecule has 6 heteroatoms. The van der Waals surface area contributed by atoms with Crippen LogP contribution in [0.5, 0.6) is 5.88 Å². The SMILES string of the molecule is CC(C)n1c(-c2ccccc2)nc(OCc2ccc(F)cc2F)cc1=O. The van der Waals surface area contributed by atoms with E-state index in [-0.39, 0.29) is 29.7 Å². The second kappa shape index (κ2) is 7.47. The van der Waals surface area contributed by atoms with Gasteiger partial charge in [0.25, 0.3) is 5.56 Å². The van der Waals surface area contributed by atoms with E-state index in [0.717, 1.165) is 17.7 Å². The van der Waals surface area contributed by atoms with Crippen LogP contribution >= 0.6 is 0 Å². The molecule has 0 saturated heterocycles. The van der Waals surface area contributed by atoms with Crippen LogP contribution < -0.4 is 10.3 Å². The number of aromatic nitrogens is 2. The van der Waals surface area contributed by atoms with Crippen molar-refractivity contribution in [3.8, 4) is 17.3 Å². The maximum atomic E-state index is 13.7. The van der Waals surface area contributed by atoms with E-state index in [1.807, 2.05) is 44.2 Å². The Morgan fingerprint density at radius 1 is 1.08 bits per heavy atom. The molecule has 0 spiro atoms. The van der Waals surface area contributed by atoms with Crippen LogP contribution in [-0.2, 0) is 6.61 Å². The second-order valence-electron chi connectivity index (χ2n) is 6.11. The van der Waals surface area contributed by atoms with Gasteiger partial charge in [0, 0.05) is 23.2 Å². The van der Waals surface area contributed by atoms with E-state index in [1.54, 1.807) is 4.57 Å². The zero-order valence-corrected chi connectivity index (χ0v) is 14.4. The molecule has 0 bridgehead atoms. The van der Waals surface area contributed by atoms with E-state index in [2.05, 4.69) is 4.98 Å². The number of benzene rings is 2. The Balaban J connectivity index is 1.96. The van der Waals surface area contributed by atoms with Crippen molar-refractivity contribution in [1.29, 1.82) is 0 Å². The smallest absolute Gasteiger partial charge is 0.257 e. The lowest BCUT2D eigenvalue weighted by atomic mass is 10.2. The maximum absolute atomic E-state index is 13.7. The van der Waals surface area contributed by atoms with Crippen LogP contribution in [0.1, 0.15) is 25.5 Å². The Bertz CT molecular complexity index is 969. The average molecular weight is 356 g/mol. The second-order valence-corrected chi connectivity index (χ2v) is 6.11. The average Bonchev–Trinajstić information content (AvgIpc) is 2.61. The molecule has 0 unspecified atom stereocenters. The van der Waals surface area contributed by atoms with E-state index >= 15 is 0 Å². The summed E-state index contributed by atoms with van der Waals surface area (Å²) in [6, 6.07) is 13.7.